The standard InChI is InChI=1S/C19H25N5O2S/c1-14-16-8-5-11-23(13-15-7-3-4-10-20-15)19(16)22-18(21-14)17-9-6-12-24(17)27(2,25)26/h3-4,7,10,17H,5-6,8-9,11-13H2,1-2H3/t17-/m0/s1. The van der Waals surface area contributed by atoms with E-state index < -0.39 is 10.0 Å². The van der Waals surface area contributed by atoms with E-state index >= 15 is 0 Å². The second kappa shape index (κ2) is 7.16. The van der Waals surface area contributed by atoms with Gasteiger partial charge in [-0.2, -0.15) is 4.31 Å². The minimum Gasteiger partial charge on any atom is -0.350 e. The summed E-state index contributed by atoms with van der Waals surface area (Å²) in [6.45, 7) is 4.17. The Balaban J connectivity index is 1.71. The molecule has 4 heterocycles. The third kappa shape index (κ3) is 3.68. The molecule has 27 heavy (non-hydrogen) atoms. The zero-order valence-corrected chi connectivity index (χ0v) is 16.6. The Labute approximate surface area is 160 Å². The lowest BCUT2D eigenvalue weighted by atomic mass is 10.0. The number of rotatable bonds is 4. The quantitative estimate of drug-likeness (QED) is 0.800. The van der Waals surface area contributed by atoms with Crippen LogP contribution >= 0.6 is 0 Å². The summed E-state index contributed by atoms with van der Waals surface area (Å²) in [5, 5.41) is 0. The summed E-state index contributed by atoms with van der Waals surface area (Å²) in [5.74, 6) is 1.57. The molecule has 0 unspecified atom stereocenters. The van der Waals surface area contributed by atoms with E-state index in [1.807, 2.05) is 25.1 Å². The van der Waals surface area contributed by atoms with Crippen LogP contribution in [0.2, 0.25) is 0 Å². The molecule has 0 saturated carbocycles. The second-order valence-electron chi connectivity index (χ2n) is 7.35. The van der Waals surface area contributed by atoms with Crippen molar-refractivity contribution in [3.05, 3.63) is 47.2 Å². The first-order valence-electron chi connectivity index (χ1n) is 9.42. The number of hydrogen-bond donors (Lipinski definition) is 0. The highest BCUT2D eigenvalue weighted by atomic mass is 32.2. The molecule has 144 valence electrons. The lowest BCUT2D eigenvalue weighted by Gasteiger charge is -2.32. The van der Waals surface area contributed by atoms with Crippen LogP contribution in [0.3, 0.4) is 0 Å². The molecule has 2 aliphatic heterocycles. The molecule has 0 amide bonds. The summed E-state index contributed by atoms with van der Waals surface area (Å²) < 4.78 is 25.8. The van der Waals surface area contributed by atoms with Gasteiger partial charge in [-0.05, 0) is 44.7 Å². The van der Waals surface area contributed by atoms with Crippen LogP contribution in [-0.2, 0) is 23.0 Å². The largest absolute Gasteiger partial charge is 0.350 e. The molecular weight excluding hydrogens is 362 g/mol. The normalized spacial score (nSPS) is 20.7. The molecule has 0 spiro atoms. The van der Waals surface area contributed by atoms with Crippen molar-refractivity contribution in [3.63, 3.8) is 0 Å². The molecule has 0 radical (unpaired) electrons. The molecule has 1 atom stereocenters. The van der Waals surface area contributed by atoms with Gasteiger partial charge >= 0.3 is 0 Å². The third-order valence-electron chi connectivity index (χ3n) is 5.37. The van der Waals surface area contributed by atoms with Gasteiger partial charge in [0, 0.05) is 30.5 Å². The number of hydrogen-bond acceptors (Lipinski definition) is 6. The Morgan fingerprint density at radius 2 is 2.04 bits per heavy atom. The molecule has 0 bridgehead atoms. The SMILES string of the molecule is Cc1nc([C@@H]2CCCN2S(C)(=O)=O)nc2c1CCCN2Cc1ccccn1. The molecule has 2 aromatic heterocycles. The number of aromatic nitrogens is 3. The van der Waals surface area contributed by atoms with Gasteiger partial charge in [0.15, 0.2) is 0 Å². The molecule has 4 rings (SSSR count). The lowest BCUT2D eigenvalue weighted by Crippen LogP contribution is -2.34. The van der Waals surface area contributed by atoms with E-state index in [1.54, 1.807) is 10.5 Å². The zero-order valence-electron chi connectivity index (χ0n) is 15.8. The fraction of sp³-hybridized carbons (Fsp3) is 0.526. The fourth-order valence-electron chi connectivity index (χ4n) is 4.09. The lowest BCUT2D eigenvalue weighted by molar-refractivity contribution is 0.385. The monoisotopic (exact) mass is 387 g/mol. The van der Waals surface area contributed by atoms with Crippen LogP contribution in [0.4, 0.5) is 5.82 Å². The van der Waals surface area contributed by atoms with E-state index in [-0.39, 0.29) is 6.04 Å². The molecule has 2 aliphatic rings. The first kappa shape index (κ1) is 18.3. The summed E-state index contributed by atoms with van der Waals surface area (Å²) in [6, 6.07) is 5.67. The van der Waals surface area contributed by atoms with Gasteiger partial charge < -0.3 is 4.90 Å². The summed E-state index contributed by atoms with van der Waals surface area (Å²) in [4.78, 5) is 16.3. The summed E-state index contributed by atoms with van der Waals surface area (Å²) in [6.07, 6.45) is 6.70. The Bertz CT molecular complexity index is 933. The van der Waals surface area contributed by atoms with Gasteiger partial charge in [-0.1, -0.05) is 6.07 Å². The van der Waals surface area contributed by atoms with Crippen molar-refractivity contribution in [1.82, 2.24) is 19.3 Å². The van der Waals surface area contributed by atoms with Crippen molar-refractivity contribution in [2.45, 2.75) is 45.2 Å². The number of pyridine rings is 1. The van der Waals surface area contributed by atoms with E-state index in [4.69, 9.17) is 9.97 Å². The molecule has 0 N–H and O–H groups in total. The first-order valence-corrected chi connectivity index (χ1v) is 11.3. The van der Waals surface area contributed by atoms with Crippen LogP contribution in [-0.4, -0.2) is 47.0 Å². The Kier molecular flexibility index (Phi) is 4.86. The van der Waals surface area contributed by atoms with Crippen molar-refractivity contribution < 1.29 is 8.42 Å². The van der Waals surface area contributed by atoms with E-state index in [0.717, 1.165) is 49.4 Å². The first-order chi connectivity index (χ1) is 12.9. The minimum absolute atomic E-state index is 0.261. The highest BCUT2D eigenvalue weighted by Crippen LogP contribution is 2.35. The summed E-state index contributed by atoms with van der Waals surface area (Å²) in [7, 11) is -3.27. The minimum atomic E-state index is -3.27. The van der Waals surface area contributed by atoms with Crippen molar-refractivity contribution in [2.24, 2.45) is 0 Å². The van der Waals surface area contributed by atoms with Gasteiger partial charge in [0.1, 0.15) is 11.6 Å². The van der Waals surface area contributed by atoms with Crippen molar-refractivity contribution in [1.29, 1.82) is 0 Å². The van der Waals surface area contributed by atoms with Gasteiger partial charge in [0.05, 0.1) is 24.5 Å². The van der Waals surface area contributed by atoms with Gasteiger partial charge in [-0.15, -0.1) is 0 Å². The van der Waals surface area contributed by atoms with Crippen molar-refractivity contribution in [2.75, 3.05) is 24.2 Å². The van der Waals surface area contributed by atoms with Crippen LogP contribution in [0, 0.1) is 6.92 Å². The third-order valence-corrected chi connectivity index (χ3v) is 6.66. The van der Waals surface area contributed by atoms with E-state index in [1.165, 1.54) is 11.8 Å². The topological polar surface area (TPSA) is 79.3 Å². The molecule has 2 aromatic rings. The molecule has 0 aromatic carbocycles. The van der Waals surface area contributed by atoms with Crippen LogP contribution < -0.4 is 4.90 Å². The maximum atomic E-state index is 12.1. The average molecular weight is 388 g/mol. The van der Waals surface area contributed by atoms with Crippen LogP contribution in [0.5, 0.6) is 0 Å². The van der Waals surface area contributed by atoms with Crippen LogP contribution in [0.1, 0.15) is 48.1 Å². The number of nitrogens with zero attached hydrogens (tertiary/aromatic N) is 5. The maximum absolute atomic E-state index is 12.1. The predicted molar refractivity (Wildman–Crippen MR) is 104 cm³/mol. The fourth-order valence-corrected chi connectivity index (χ4v) is 5.22. The summed E-state index contributed by atoms with van der Waals surface area (Å²) in [5.41, 5.74) is 3.13. The highest BCUT2D eigenvalue weighted by molar-refractivity contribution is 7.88. The zero-order chi connectivity index (χ0) is 19.0. The molecule has 8 heteroatoms. The number of anilines is 1. The van der Waals surface area contributed by atoms with Gasteiger partial charge in [0.2, 0.25) is 10.0 Å². The molecule has 1 saturated heterocycles. The van der Waals surface area contributed by atoms with Crippen LogP contribution in [0.25, 0.3) is 0 Å². The van der Waals surface area contributed by atoms with E-state index in [2.05, 4.69) is 9.88 Å². The summed E-state index contributed by atoms with van der Waals surface area (Å²) >= 11 is 0. The molecule has 0 aliphatic carbocycles. The number of sulfonamides is 1. The second-order valence-corrected chi connectivity index (χ2v) is 9.28. The average Bonchev–Trinajstić information content (AvgIpc) is 3.13. The molecular formula is C19H25N5O2S. The van der Waals surface area contributed by atoms with Crippen molar-refractivity contribution in [3.8, 4) is 0 Å². The predicted octanol–water partition coefficient (Wildman–Crippen LogP) is 2.23. The molecule has 7 nitrogen and oxygen atoms in total. The number of fused-ring (bicyclic) bond motifs is 1. The maximum Gasteiger partial charge on any atom is 0.211 e. The van der Waals surface area contributed by atoms with Gasteiger partial charge in [0.25, 0.3) is 0 Å². The molecule has 1 fully saturated rings. The Morgan fingerprint density at radius 3 is 2.78 bits per heavy atom. The van der Waals surface area contributed by atoms with E-state index in [0.29, 0.717) is 18.9 Å². The smallest absolute Gasteiger partial charge is 0.211 e. The Morgan fingerprint density at radius 1 is 1.19 bits per heavy atom. The number of aryl methyl sites for hydroxylation is 1. The van der Waals surface area contributed by atoms with Gasteiger partial charge in [-0.25, -0.2) is 18.4 Å². The highest BCUT2D eigenvalue weighted by Gasteiger charge is 2.35. The van der Waals surface area contributed by atoms with E-state index in [9.17, 15) is 8.42 Å². The van der Waals surface area contributed by atoms with Gasteiger partial charge in [-0.3, -0.25) is 4.98 Å². The van der Waals surface area contributed by atoms with Crippen LogP contribution in [0.15, 0.2) is 24.4 Å². The Hall–Kier alpha value is -2.06. The van der Waals surface area contributed by atoms with Crippen molar-refractivity contribution >= 4 is 15.8 Å².